The van der Waals surface area contributed by atoms with Crippen molar-refractivity contribution in [1.82, 2.24) is 15.3 Å². The van der Waals surface area contributed by atoms with Crippen LogP contribution in [0.5, 0.6) is 0 Å². The standard InChI is InChI=1S/C25H32N4O3S/c1-4-19(14-31-3)29-23(30)21-17(2)20-22(27-16-28-24(20)33-21)26-15-25(10-12-32-13-11-25)18-8-6-5-7-9-18/h5-9,16,19H,4,10-15H2,1-3H3,(H,29,30)(H,26,27,28)/t19-/m0/s1. The van der Waals surface area contributed by atoms with Crippen LogP contribution in [0.3, 0.4) is 0 Å². The van der Waals surface area contributed by atoms with Crippen LogP contribution in [0.1, 0.15) is 47.0 Å². The zero-order valence-electron chi connectivity index (χ0n) is 19.5. The normalized spacial score (nSPS) is 16.5. The number of aryl methyl sites for hydroxylation is 1. The molecule has 1 atom stereocenters. The smallest absolute Gasteiger partial charge is 0.262 e. The highest BCUT2D eigenvalue weighted by atomic mass is 32.1. The average molecular weight is 469 g/mol. The minimum absolute atomic E-state index is 0.0184. The van der Waals surface area contributed by atoms with E-state index in [1.54, 1.807) is 13.4 Å². The Kier molecular flexibility index (Phi) is 7.57. The van der Waals surface area contributed by atoms with Crippen LogP contribution in [0.15, 0.2) is 36.7 Å². The van der Waals surface area contributed by atoms with Crippen molar-refractivity contribution in [2.45, 2.75) is 44.6 Å². The fraction of sp³-hybridized carbons (Fsp3) is 0.480. The van der Waals surface area contributed by atoms with Crippen LogP contribution in [-0.4, -0.2) is 55.4 Å². The predicted octanol–water partition coefficient (Wildman–Crippen LogP) is 4.31. The Hall–Kier alpha value is -2.55. The van der Waals surface area contributed by atoms with Gasteiger partial charge >= 0.3 is 0 Å². The van der Waals surface area contributed by atoms with Crippen LogP contribution in [0, 0.1) is 6.92 Å². The topological polar surface area (TPSA) is 85.4 Å². The van der Waals surface area contributed by atoms with Gasteiger partial charge in [-0.25, -0.2) is 9.97 Å². The van der Waals surface area contributed by atoms with Crippen LogP contribution < -0.4 is 10.6 Å². The summed E-state index contributed by atoms with van der Waals surface area (Å²) in [6.45, 7) is 6.74. The Morgan fingerprint density at radius 2 is 2.00 bits per heavy atom. The van der Waals surface area contributed by atoms with E-state index in [0.29, 0.717) is 11.5 Å². The molecule has 1 aliphatic heterocycles. The highest BCUT2D eigenvalue weighted by Crippen LogP contribution is 2.37. The number of hydrogen-bond acceptors (Lipinski definition) is 7. The molecule has 0 bridgehead atoms. The summed E-state index contributed by atoms with van der Waals surface area (Å²) >= 11 is 1.41. The first-order valence-corrected chi connectivity index (χ1v) is 12.3. The molecule has 1 fully saturated rings. The number of ether oxygens (including phenoxy) is 2. The lowest BCUT2D eigenvalue weighted by atomic mass is 9.74. The molecule has 3 aromatic rings. The number of carbonyl (C=O) groups is 1. The Morgan fingerprint density at radius 3 is 2.70 bits per heavy atom. The molecule has 1 aromatic carbocycles. The second kappa shape index (κ2) is 10.6. The molecule has 0 spiro atoms. The molecule has 7 nitrogen and oxygen atoms in total. The average Bonchev–Trinajstić information content (AvgIpc) is 3.20. The maximum absolute atomic E-state index is 13.0. The molecule has 0 saturated carbocycles. The zero-order valence-corrected chi connectivity index (χ0v) is 20.3. The molecule has 0 radical (unpaired) electrons. The van der Waals surface area contributed by atoms with Crippen molar-refractivity contribution < 1.29 is 14.3 Å². The number of nitrogens with zero attached hydrogens (tertiary/aromatic N) is 2. The highest BCUT2D eigenvalue weighted by molar-refractivity contribution is 7.20. The van der Waals surface area contributed by atoms with Gasteiger partial charge in [0.1, 0.15) is 17.0 Å². The Balaban J connectivity index is 1.60. The number of rotatable bonds is 9. The van der Waals surface area contributed by atoms with E-state index in [0.717, 1.165) is 60.6 Å². The summed E-state index contributed by atoms with van der Waals surface area (Å²) in [5, 5.41) is 7.61. The van der Waals surface area contributed by atoms with E-state index < -0.39 is 0 Å². The molecule has 3 heterocycles. The van der Waals surface area contributed by atoms with Gasteiger partial charge in [-0.1, -0.05) is 37.3 Å². The number of fused-ring (bicyclic) bond motifs is 1. The van der Waals surface area contributed by atoms with Crippen molar-refractivity contribution in [2.24, 2.45) is 0 Å². The fourth-order valence-corrected chi connectivity index (χ4v) is 5.56. The highest BCUT2D eigenvalue weighted by Gasteiger charge is 2.34. The SMILES string of the molecule is CC[C@@H](COC)NC(=O)c1sc2ncnc(NCC3(c4ccccc4)CCOCC3)c2c1C. The molecule has 4 rings (SSSR count). The summed E-state index contributed by atoms with van der Waals surface area (Å²) in [5.41, 5.74) is 2.20. The largest absolute Gasteiger partial charge is 0.383 e. The molecular weight excluding hydrogens is 436 g/mol. The number of anilines is 1. The van der Waals surface area contributed by atoms with Crippen molar-refractivity contribution in [1.29, 1.82) is 0 Å². The minimum Gasteiger partial charge on any atom is -0.383 e. The lowest BCUT2D eigenvalue weighted by Gasteiger charge is -2.38. The molecule has 2 N–H and O–H groups in total. The van der Waals surface area contributed by atoms with Gasteiger partial charge in [0.2, 0.25) is 0 Å². The van der Waals surface area contributed by atoms with Crippen LogP contribution >= 0.6 is 11.3 Å². The quantitative estimate of drug-likeness (QED) is 0.487. The summed E-state index contributed by atoms with van der Waals surface area (Å²) in [7, 11) is 1.65. The number of thiophene rings is 1. The van der Waals surface area contributed by atoms with E-state index in [1.807, 2.05) is 13.8 Å². The zero-order chi connectivity index (χ0) is 23.3. The third kappa shape index (κ3) is 5.03. The summed E-state index contributed by atoms with van der Waals surface area (Å²) in [4.78, 5) is 23.5. The van der Waals surface area contributed by atoms with Gasteiger partial charge in [-0.3, -0.25) is 4.79 Å². The third-order valence-electron chi connectivity index (χ3n) is 6.56. The van der Waals surface area contributed by atoms with Crippen molar-refractivity contribution in [3.8, 4) is 0 Å². The lowest BCUT2D eigenvalue weighted by molar-refractivity contribution is 0.0544. The van der Waals surface area contributed by atoms with Gasteiger partial charge in [-0.15, -0.1) is 11.3 Å². The van der Waals surface area contributed by atoms with E-state index in [9.17, 15) is 4.79 Å². The van der Waals surface area contributed by atoms with Gasteiger partial charge in [0.25, 0.3) is 5.91 Å². The number of methoxy groups -OCH3 is 1. The van der Waals surface area contributed by atoms with Gasteiger partial charge in [-0.05, 0) is 37.3 Å². The first-order chi connectivity index (χ1) is 16.1. The Bertz CT molecular complexity index is 1080. The van der Waals surface area contributed by atoms with E-state index >= 15 is 0 Å². The van der Waals surface area contributed by atoms with Gasteiger partial charge in [-0.2, -0.15) is 0 Å². The number of aromatic nitrogens is 2. The first-order valence-electron chi connectivity index (χ1n) is 11.5. The summed E-state index contributed by atoms with van der Waals surface area (Å²) < 4.78 is 10.9. The molecule has 33 heavy (non-hydrogen) atoms. The van der Waals surface area contributed by atoms with Gasteiger partial charge < -0.3 is 20.1 Å². The Labute approximate surface area is 198 Å². The number of amides is 1. The van der Waals surface area contributed by atoms with Gasteiger partial charge in [0, 0.05) is 32.3 Å². The fourth-order valence-electron chi connectivity index (χ4n) is 4.51. The van der Waals surface area contributed by atoms with E-state index in [2.05, 4.69) is 50.9 Å². The summed E-state index contributed by atoms with van der Waals surface area (Å²) in [6.07, 6.45) is 4.28. The molecule has 2 aromatic heterocycles. The monoisotopic (exact) mass is 468 g/mol. The number of benzene rings is 1. The summed E-state index contributed by atoms with van der Waals surface area (Å²) in [6, 6.07) is 10.6. The number of hydrogen-bond donors (Lipinski definition) is 2. The minimum atomic E-state index is -0.0875. The molecule has 1 saturated heterocycles. The van der Waals surface area contributed by atoms with Crippen molar-refractivity contribution in [2.75, 3.05) is 38.8 Å². The van der Waals surface area contributed by atoms with Crippen LogP contribution in [-0.2, 0) is 14.9 Å². The summed E-state index contributed by atoms with van der Waals surface area (Å²) in [5.74, 6) is 0.689. The molecule has 8 heteroatoms. The predicted molar refractivity (Wildman–Crippen MR) is 132 cm³/mol. The Morgan fingerprint density at radius 1 is 1.24 bits per heavy atom. The van der Waals surface area contributed by atoms with Gasteiger partial charge in [0.15, 0.2) is 0 Å². The second-order valence-corrected chi connectivity index (χ2v) is 9.60. The molecule has 176 valence electrons. The van der Waals surface area contributed by atoms with E-state index in [1.165, 1.54) is 16.9 Å². The first kappa shape index (κ1) is 23.6. The van der Waals surface area contributed by atoms with Crippen LogP contribution in [0.25, 0.3) is 10.2 Å². The van der Waals surface area contributed by atoms with Crippen LogP contribution in [0.2, 0.25) is 0 Å². The number of nitrogens with one attached hydrogen (secondary N) is 2. The second-order valence-electron chi connectivity index (χ2n) is 8.60. The number of carbonyl (C=O) groups excluding carboxylic acids is 1. The van der Waals surface area contributed by atoms with E-state index in [4.69, 9.17) is 9.47 Å². The maximum atomic E-state index is 13.0. The van der Waals surface area contributed by atoms with Crippen molar-refractivity contribution in [3.05, 3.63) is 52.7 Å². The molecular formula is C25H32N4O3S. The van der Waals surface area contributed by atoms with E-state index in [-0.39, 0.29) is 17.4 Å². The van der Waals surface area contributed by atoms with Crippen molar-refractivity contribution >= 4 is 33.3 Å². The maximum Gasteiger partial charge on any atom is 0.262 e. The van der Waals surface area contributed by atoms with Crippen LogP contribution in [0.4, 0.5) is 5.82 Å². The van der Waals surface area contributed by atoms with Crippen molar-refractivity contribution in [3.63, 3.8) is 0 Å². The van der Waals surface area contributed by atoms with Gasteiger partial charge in [0.05, 0.1) is 22.9 Å². The molecule has 1 aliphatic rings. The third-order valence-corrected chi connectivity index (χ3v) is 7.76. The lowest BCUT2D eigenvalue weighted by Crippen LogP contribution is -2.40. The molecule has 1 amide bonds. The molecule has 0 aliphatic carbocycles. The molecule has 0 unspecified atom stereocenters.